The van der Waals surface area contributed by atoms with E-state index in [-0.39, 0.29) is 18.7 Å². The molecule has 3 N–H and O–H groups in total. The summed E-state index contributed by atoms with van der Waals surface area (Å²) in [4.78, 5) is 15.1. The highest BCUT2D eigenvalue weighted by Gasteiger charge is 2.39. The van der Waals surface area contributed by atoms with Gasteiger partial charge in [-0.15, -0.1) is 11.3 Å². The van der Waals surface area contributed by atoms with Crippen LogP contribution < -0.4 is 5.73 Å². The summed E-state index contributed by atoms with van der Waals surface area (Å²) >= 11 is 7.51. The number of amides is 1. The van der Waals surface area contributed by atoms with Crippen LogP contribution in [0.15, 0.2) is 41.9 Å². The van der Waals surface area contributed by atoms with E-state index in [9.17, 15) is 4.79 Å². The normalized spacial score (nSPS) is 17.2. The molecule has 0 bridgehead atoms. The number of halogens is 2. The second-order valence-electron chi connectivity index (χ2n) is 6.20. The Morgan fingerprint density at radius 1 is 1.35 bits per heavy atom. The fourth-order valence-electron chi connectivity index (χ4n) is 3.14. The molecule has 1 aromatic carbocycles. The molecule has 1 aliphatic heterocycles. The molecule has 7 heteroatoms. The van der Waals surface area contributed by atoms with Gasteiger partial charge in [-0.25, -0.2) is 4.39 Å². The molecular weight excluding hydrogens is 373 g/mol. The molecule has 0 atom stereocenters. The maximum absolute atomic E-state index is 15.3. The van der Waals surface area contributed by atoms with E-state index in [0.717, 1.165) is 11.1 Å². The standard InChI is InChI=1S/C19H19ClFN3OS/c20-16-4-2-1-3-15(16)19(21)5-7-24(8-6-19)18(25)13-9-17(26-12-13)14(10-22)11-23/h1-4,9-12,22H,5-8,23H2. The third kappa shape index (κ3) is 3.52. The Balaban J connectivity index is 1.71. The lowest BCUT2D eigenvalue weighted by atomic mass is 9.86. The van der Waals surface area contributed by atoms with Gasteiger partial charge in [0, 0.05) is 64.8 Å². The van der Waals surface area contributed by atoms with Crippen molar-refractivity contribution in [1.82, 2.24) is 4.90 Å². The van der Waals surface area contributed by atoms with Crippen molar-refractivity contribution in [3.05, 3.63) is 62.9 Å². The maximum Gasteiger partial charge on any atom is 0.254 e. The number of thiophene rings is 1. The van der Waals surface area contributed by atoms with E-state index in [1.54, 1.807) is 40.6 Å². The molecule has 1 amide bonds. The second-order valence-corrected chi connectivity index (χ2v) is 7.52. The number of alkyl halides is 1. The van der Waals surface area contributed by atoms with Crippen molar-refractivity contribution in [2.45, 2.75) is 18.5 Å². The third-order valence-electron chi connectivity index (χ3n) is 4.67. The molecule has 3 rings (SSSR count). The molecule has 1 fully saturated rings. The van der Waals surface area contributed by atoms with Crippen molar-refractivity contribution >= 4 is 40.6 Å². The molecule has 0 spiro atoms. The van der Waals surface area contributed by atoms with Crippen LogP contribution in [0, 0.1) is 5.41 Å². The number of benzene rings is 1. The smallest absolute Gasteiger partial charge is 0.254 e. The molecule has 4 nitrogen and oxygen atoms in total. The zero-order valence-corrected chi connectivity index (χ0v) is 15.6. The fourth-order valence-corrected chi connectivity index (χ4v) is 4.33. The lowest BCUT2D eigenvalue weighted by molar-refractivity contribution is 0.0422. The highest BCUT2D eigenvalue weighted by atomic mass is 35.5. The van der Waals surface area contributed by atoms with E-state index in [1.807, 2.05) is 0 Å². The average molecular weight is 392 g/mol. The minimum Gasteiger partial charge on any atom is -0.404 e. The van der Waals surface area contributed by atoms with Crippen molar-refractivity contribution in [3.8, 4) is 0 Å². The van der Waals surface area contributed by atoms with Gasteiger partial charge in [0.2, 0.25) is 0 Å². The summed E-state index contributed by atoms with van der Waals surface area (Å²) in [7, 11) is 0. The molecule has 0 aliphatic carbocycles. The number of allylic oxidation sites excluding steroid dienone is 1. The van der Waals surface area contributed by atoms with Crippen LogP contribution in [0.4, 0.5) is 4.39 Å². The zero-order valence-electron chi connectivity index (χ0n) is 14.0. The first kappa shape index (κ1) is 18.6. The van der Waals surface area contributed by atoms with Crippen LogP contribution in [-0.2, 0) is 5.67 Å². The third-order valence-corrected chi connectivity index (χ3v) is 5.97. The molecule has 0 unspecified atom stereocenters. The van der Waals surface area contributed by atoms with Gasteiger partial charge in [0.05, 0.1) is 5.56 Å². The maximum atomic E-state index is 15.3. The van der Waals surface area contributed by atoms with Crippen molar-refractivity contribution in [3.63, 3.8) is 0 Å². The first-order valence-electron chi connectivity index (χ1n) is 8.23. The molecule has 2 heterocycles. The molecule has 1 aromatic heterocycles. The van der Waals surface area contributed by atoms with Crippen molar-refractivity contribution in [2.75, 3.05) is 13.1 Å². The van der Waals surface area contributed by atoms with Crippen LogP contribution in [0.1, 0.15) is 33.6 Å². The first-order valence-corrected chi connectivity index (χ1v) is 9.49. The zero-order chi connectivity index (χ0) is 18.7. The van der Waals surface area contributed by atoms with Crippen molar-refractivity contribution in [1.29, 1.82) is 5.41 Å². The van der Waals surface area contributed by atoms with Gasteiger partial charge in [-0.05, 0) is 12.1 Å². The first-order chi connectivity index (χ1) is 12.5. The van der Waals surface area contributed by atoms with Crippen LogP contribution in [0.3, 0.4) is 0 Å². The van der Waals surface area contributed by atoms with E-state index in [1.165, 1.54) is 17.5 Å². The minimum absolute atomic E-state index is 0.130. The highest BCUT2D eigenvalue weighted by Crippen LogP contribution is 2.40. The molecule has 0 saturated carbocycles. The lowest BCUT2D eigenvalue weighted by Crippen LogP contribution is -2.43. The minimum atomic E-state index is -1.51. The summed E-state index contributed by atoms with van der Waals surface area (Å²) in [6.07, 6.45) is 2.93. The Labute approximate surface area is 160 Å². The van der Waals surface area contributed by atoms with Gasteiger partial charge < -0.3 is 16.0 Å². The van der Waals surface area contributed by atoms with Crippen LogP contribution in [-0.4, -0.2) is 30.1 Å². The van der Waals surface area contributed by atoms with Crippen LogP contribution >= 0.6 is 22.9 Å². The summed E-state index contributed by atoms with van der Waals surface area (Å²) < 4.78 is 15.3. The Morgan fingerprint density at radius 3 is 2.65 bits per heavy atom. The van der Waals surface area contributed by atoms with E-state index < -0.39 is 5.67 Å². The largest absolute Gasteiger partial charge is 0.404 e. The summed E-state index contributed by atoms with van der Waals surface area (Å²) in [5, 5.41) is 9.51. The number of carbonyl (C=O) groups excluding carboxylic acids is 1. The van der Waals surface area contributed by atoms with Gasteiger partial charge in [0.15, 0.2) is 0 Å². The topological polar surface area (TPSA) is 70.2 Å². The average Bonchev–Trinajstić information content (AvgIpc) is 3.13. The molecule has 1 aliphatic rings. The summed E-state index contributed by atoms with van der Waals surface area (Å²) in [5.41, 5.74) is 5.57. The fraction of sp³-hybridized carbons (Fsp3) is 0.263. The quantitative estimate of drug-likeness (QED) is 0.756. The van der Waals surface area contributed by atoms with Crippen LogP contribution in [0.2, 0.25) is 5.02 Å². The molecule has 1 saturated heterocycles. The number of nitrogens with one attached hydrogen (secondary N) is 1. The number of hydrogen-bond donors (Lipinski definition) is 2. The Hall–Kier alpha value is -2.18. The number of nitrogens with zero attached hydrogens (tertiary/aromatic N) is 1. The number of likely N-dealkylation sites (tertiary alicyclic amines) is 1. The predicted molar refractivity (Wildman–Crippen MR) is 105 cm³/mol. The van der Waals surface area contributed by atoms with Crippen LogP contribution in [0.25, 0.3) is 5.57 Å². The molecule has 136 valence electrons. The number of nitrogens with two attached hydrogens (primary N) is 1. The monoisotopic (exact) mass is 391 g/mol. The van der Waals surface area contributed by atoms with E-state index in [4.69, 9.17) is 22.7 Å². The van der Waals surface area contributed by atoms with Gasteiger partial charge in [-0.1, -0.05) is 29.8 Å². The second kappa shape index (κ2) is 7.60. The highest BCUT2D eigenvalue weighted by molar-refractivity contribution is 7.11. The number of hydrogen-bond acceptors (Lipinski definition) is 4. The van der Waals surface area contributed by atoms with Crippen LogP contribution in [0.5, 0.6) is 0 Å². The van der Waals surface area contributed by atoms with Gasteiger partial charge in [0.1, 0.15) is 5.67 Å². The van der Waals surface area contributed by atoms with Gasteiger partial charge in [-0.3, -0.25) is 4.79 Å². The molecule has 2 aromatic rings. The molecule has 26 heavy (non-hydrogen) atoms. The SMILES string of the molecule is N=CC(=CN)c1cc(C(=O)N2CCC(F)(c3ccccc3Cl)CC2)cs1. The summed E-state index contributed by atoms with van der Waals surface area (Å²) in [6, 6.07) is 8.68. The van der Waals surface area contributed by atoms with Crippen molar-refractivity contribution in [2.24, 2.45) is 5.73 Å². The van der Waals surface area contributed by atoms with E-state index in [2.05, 4.69) is 0 Å². The Bertz CT molecular complexity index is 856. The Morgan fingerprint density at radius 2 is 2.04 bits per heavy atom. The molecular formula is C19H19ClFN3OS. The number of piperidine rings is 1. The number of carbonyl (C=O) groups is 1. The number of rotatable bonds is 4. The molecule has 0 radical (unpaired) electrons. The lowest BCUT2D eigenvalue weighted by Gasteiger charge is -2.37. The van der Waals surface area contributed by atoms with Gasteiger partial charge >= 0.3 is 0 Å². The predicted octanol–water partition coefficient (Wildman–Crippen LogP) is 4.45. The van der Waals surface area contributed by atoms with Crippen molar-refractivity contribution < 1.29 is 9.18 Å². The van der Waals surface area contributed by atoms with E-state index >= 15 is 4.39 Å². The summed E-state index contributed by atoms with van der Waals surface area (Å²) in [6.45, 7) is 0.659. The van der Waals surface area contributed by atoms with Gasteiger partial charge in [-0.2, -0.15) is 0 Å². The van der Waals surface area contributed by atoms with Gasteiger partial charge in [0.25, 0.3) is 5.91 Å². The summed E-state index contributed by atoms with van der Waals surface area (Å²) in [5.74, 6) is -0.130. The Kier molecular flexibility index (Phi) is 5.44. The van der Waals surface area contributed by atoms with E-state index in [0.29, 0.717) is 34.8 Å².